The number of ether oxygens (including phenoxy) is 1. The van der Waals surface area contributed by atoms with Gasteiger partial charge in [-0.3, -0.25) is 9.79 Å². The highest BCUT2D eigenvalue weighted by atomic mass is 19.2. The van der Waals surface area contributed by atoms with Gasteiger partial charge in [0.1, 0.15) is 23.7 Å². The summed E-state index contributed by atoms with van der Waals surface area (Å²) in [7, 11) is 2.97. The summed E-state index contributed by atoms with van der Waals surface area (Å²) in [5.74, 6) is -8.64. The van der Waals surface area contributed by atoms with Crippen LogP contribution in [0.4, 0.5) is 32.6 Å². The molecule has 248 valence electrons. The predicted octanol–water partition coefficient (Wildman–Crippen LogP) is 5.30. The van der Waals surface area contributed by atoms with Gasteiger partial charge in [-0.05, 0) is 38.3 Å². The number of carbonyl (C=O) groups is 2. The van der Waals surface area contributed by atoms with Crippen LogP contribution < -0.4 is 21.1 Å². The molecule has 46 heavy (non-hydrogen) atoms. The summed E-state index contributed by atoms with van der Waals surface area (Å²) in [5.41, 5.74) is 6.73. The molecule has 3 amide bonds. The molecule has 0 saturated carbocycles. The smallest absolute Gasteiger partial charge is 0.317 e. The molecule has 1 fully saturated rings. The summed E-state index contributed by atoms with van der Waals surface area (Å²) in [4.78, 5) is 34.3. The first-order valence-electron chi connectivity index (χ1n) is 14.0. The van der Waals surface area contributed by atoms with Crippen molar-refractivity contribution in [1.82, 2.24) is 25.5 Å². The summed E-state index contributed by atoms with van der Waals surface area (Å²) >= 11 is 0. The molecule has 4 rings (SSSR count). The van der Waals surface area contributed by atoms with E-state index in [1.165, 1.54) is 19.4 Å². The minimum Gasteiger partial charge on any atom is -0.451 e. The Bertz CT molecular complexity index is 1520. The molecular formula is C31H36F5N7O3. The monoisotopic (exact) mass is 649 g/mol. The fourth-order valence-electron chi connectivity index (χ4n) is 4.16. The van der Waals surface area contributed by atoms with Crippen molar-refractivity contribution in [1.29, 1.82) is 0 Å². The van der Waals surface area contributed by atoms with Gasteiger partial charge in [0.2, 0.25) is 23.8 Å². The number of carbonyl (C=O) groups excluding carboxylic acids is 2. The Morgan fingerprint density at radius 1 is 1.13 bits per heavy atom. The first-order valence-corrected chi connectivity index (χ1v) is 14.0. The first-order chi connectivity index (χ1) is 21.9. The Kier molecular flexibility index (Phi) is 14.5. The number of aliphatic imine (C=N–C) groups is 1. The van der Waals surface area contributed by atoms with Gasteiger partial charge in [-0.1, -0.05) is 19.1 Å². The van der Waals surface area contributed by atoms with Crippen LogP contribution in [0.25, 0.3) is 0 Å². The quantitative estimate of drug-likeness (QED) is 0.105. The number of hydrogen-bond acceptors (Lipinski definition) is 7. The van der Waals surface area contributed by atoms with E-state index in [1.807, 2.05) is 24.0 Å². The maximum absolute atomic E-state index is 14.7. The number of likely N-dealkylation sites (tertiary alicyclic amines) is 1. The molecule has 0 spiro atoms. The summed E-state index contributed by atoms with van der Waals surface area (Å²) in [6.45, 7) is 8.21. The molecule has 1 saturated heterocycles. The van der Waals surface area contributed by atoms with Crippen LogP contribution in [0.5, 0.6) is 11.5 Å². The van der Waals surface area contributed by atoms with Crippen LogP contribution in [-0.4, -0.2) is 66.8 Å². The number of allylic oxidation sites excluding steroid dienone is 1. The van der Waals surface area contributed by atoms with E-state index in [-0.39, 0.29) is 29.2 Å². The molecule has 1 aliphatic rings. The van der Waals surface area contributed by atoms with E-state index in [2.05, 4.69) is 32.5 Å². The molecule has 0 bridgehead atoms. The lowest BCUT2D eigenvalue weighted by Gasteiger charge is -2.15. The molecule has 1 aliphatic heterocycles. The molecule has 0 radical (unpaired) electrons. The van der Waals surface area contributed by atoms with Crippen molar-refractivity contribution in [3.63, 3.8) is 0 Å². The van der Waals surface area contributed by atoms with Crippen LogP contribution >= 0.6 is 0 Å². The second kappa shape index (κ2) is 18.0. The van der Waals surface area contributed by atoms with E-state index in [9.17, 15) is 26.7 Å². The van der Waals surface area contributed by atoms with Crippen molar-refractivity contribution in [2.75, 3.05) is 39.5 Å². The third-order valence-electron chi connectivity index (χ3n) is 6.45. The number of hydrogen-bond donors (Lipinski definition) is 3. The van der Waals surface area contributed by atoms with Crippen molar-refractivity contribution in [3.8, 4) is 11.5 Å². The number of amides is 3. The number of urea groups is 1. The van der Waals surface area contributed by atoms with Crippen LogP contribution in [0.15, 0.2) is 47.7 Å². The summed E-state index contributed by atoms with van der Waals surface area (Å²) in [6.07, 6.45) is 6.89. The number of anilines is 1. The van der Waals surface area contributed by atoms with Gasteiger partial charge in [0.25, 0.3) is 0 Å². The topological polar surface area (TPSA) is 135 Å². The van der Waals surface area contributed by atoms with E-state index in [0.29, 0.717) is 30.1 Å². The minimum atomic E-state index is -1.74. The largest absolute Gasteiger partial charge is 0.451 e. The Morgan fingerprint density at radius 2 is 1.78 bits per heavy atom. The molecule has 10 nitrogen and oxygen atoms in total. The third kappa shape index (κ3) is 9.97. The molecule has 2 aromatic carbocycles. The van der Waals surface area contributed by atoms with Crippen LogP contribution in [0, 0.1) is 41.9 Å². The Hall–Kier alpha value is -5.08. The highest BCUT2D eigenvalue weighted by molar-refractivity contribution is 6.16. The van der Waals surface area contributed by atoms with E-state index in [4.69, 9.17) is 15.3 Å². The molecule has 1 unspecified atom stereocenters. The lowest BCUT2D eigenvalue weighted by Crippen LogP contribution is -2.38. The van der Waals surface area contributed by atoms with Gasteiger partial charge >= 0.3 is 6.03 Å². The van der Waals surface area contributed by atoms with Gasteiger partial charge in [0.05, 0.1) is 17.0 Å². The van der Waals surface area contributed by atoms with Gasteiger partial charge in [0.15, 0.2) is 11.6 Å². The summed E-state index contributed by atoms with van der Waals surface area (Å²) in [5, 5.41) is 5.10. The number of nitrogen functional groups attached to an aromatic ring is 1. The SMILES string of the molecule is C/C=C/CNC(=O)N1CCC(C)C1.CN=C(c1ccc(Oc2c(F)c(F)cc(F)c2F)cc1F)c1c(C)ncnc1N.CNC=O. The summed E-state index contributed by atoms with van der Waals surface area (Å²) in [6, 6.07) is 3.27. The highest BCUT2D eigenvalue weighted by Crippen LogP contribution is 2.32. The van der Waals surface area contributed by atoms with Gasteiger partial charge in [-0.25, -0.2) is 27.9 Å². The van der Waals surface area contributed by atoms with E-state index in [1.54, 1.807) is 14.0 Å². The fourth-order valence-corrected chi connectivity index (χ4v) is 4.16. The van der Waals surface area contributed by atoms with Crippen LogP contribution in [0.3, 0.4) is 0 Å². The first kappa shape index (κ1) is 37.1. The van der Waals surface area contributed by atoms with E-state index in [0.717, 1.165) is 31.6 Å². The van der Waals surface area contributed by atoms with Gasteiger partial charge < -0.3 is 26.0 Å². The maximum Gasteiger partial charge on any atom is 0.317 e. The lowest BCUT2D eigenvalue weighted by molar-refractivity contribution is -0.109. The van der Waals surface area contributed by atoms with Crippen LogP contribution in [0.1, 0.15) is 37.1 Å². The van der Waals surface area contributed by atoms with E-state index >= 15 is 0 Å². The lowest BCUT2D eigenvalue weighted by atomic mass is 10.0. The fraction of sp³-hybridized carbons (Fsp3) is 0.323. The van der Waals surface area contributed by atoms with Gasteiger partial charge in [-0.2, -0.15) is 8.78 Å². The second-order valence-corrected chi connectivity index (χ2v) is 9.83. The minimum absolute atomic E-state index is 0.0178. The standard InChI is InChI=1S/C19H13F5N4O.C10H18N2O.C2H5NO/c1-8-14(19(25)28-7-27-8)17(26-2)10-4-3-9(5-11(10)20)29-18-15(23)12(21)6-13(22)16(18)24;1-3-4-6-11-10(13)12-7-5-9(2)8-12;1-3-2-4/h3-7H,1-2H3,(H2,25,27,28);3-4,9H,5-8H2,1-2H3,(H,11,13);2H,1H3,(H,3,4)/b;4-3+;. The summed E-state index contributed by atoms with van der Waals surface area (Å²) < 4.78 is 73.7. The number of halogens is 5. The number of nitrogens with zero attached hydrogens (tertiary/aromatic N) is 4. The molecule has 1 aromatic heterocycles. The Labute approximate surface area is 263 Å². The molecule has 0 aliphatic carbocycles. The number of rotatable bonds is 7. The van der Waals surface area contributed by atoms with Gasteiger partial charge in [-0.15, -0.1) is 0 Å². The number of benzene rings is 2. The molecule has 4 N–H and O–H groups in total. The predicted molar refractivity (Wildman–Crippen MR) is 164 cm³/mol. The second-order valence-electron chi connectivity index (χ2n) is 9.83. The molecule has 3 aromatic rings. The highest BCUT2D eigenvalue weighted by Gasteiger charge is 2.24. The third-order valence-corrected chi connectivity index (χ3v) is 6.45. The molecule has 1 atom stereocenters. The van der Waals surface area contributed by atoms with Crippen LogP contribution in [-0.2, 0) is 4.79 Å². The molecule has 15 heteroatoms. The van der Waals surface area contributed by atoms with Crippen molar-refractivity contribution in [2.24, 2.45) is 10.9 Å². The number of nitrogens with two attached hydrogens (primary N) is 1. The number of aryl methyl sites for hydroxylation is 1. The normalized spacial score (nSPS) is 14.2. The van der Waals surface area contributed by atoms with Crippen molar-refractivity contribution < 1.29 is 36.3 Å². The van der Waals surface area contributed by atoms with E-state index < -0.39 is 40.6 Å². The molecule has 2 heterocycles. The van der Waals surface area contributed by atoms with Crippen molar-refractivity contribution in [2.45, 2.75) is 27.2 Å². The zero-order chi connectivity index (χ0) is 34.4. The number of nitrogens with one attached hydrogen (secondary N) is 2. The zero-order valence-corrected chi connectivity index (χ0v) is 26.0. The average molecular weight is 650 g/mol. The molecular weight excluding hydrogens is 613 g/mol. The van der Waals surface area contributed by atoms with Crippen molar-refractivity contribution >= 4 is 24.0 Å². The number of aromatic nitrogens is 2. The zero-order valence-electron chi connectivity index (χ0n) is 26.0. The Balaban J connectivity index is 0.000000359. The average Bonchev–Trinajstić information content (AvgIpc) is 3.47. The van der Waals surface area contributed by atoms with Crippen LogP contribution in [0.2, 0.25) is 0 Å². The maximum atomic E-state index is 14.7. The van der Waals surface area contributed by atoms with Crippen molar-refractivity contribution in [3.05, 3.63) is 88.7 Å². The van der Waals surface area contributed by atoms with Gasteiger partial charge in [0, 0.05) is 51.4 Å². The Morgan fingerprint density at radius 3 is 2.28 bits per heavy atom.